The standard InChI is InChI=1S/C13H24BrNO2/c1-9(2)12(14)13(16)15(7-8-17-4)10(3)11-5-6-11/h9-12H,5-8H2,1-4H3. The third-order valence-electron chi connectivity index (χ3n) is 3.44. The Kier molecular flexibility index (Phi) is 5.93. The maximum absolute atomic E-state index is 12.4. The van der Waals surface area contributed by atoms with E-state index in [0.29, 0.717) is 31.0 Å². The number of carbonyl (C=O) groups is 1. The normalized spacial score (nSPS) is 19.2. The van der Waals surface area contributed by atoms with Gasteiger partial charge in [-0.05, 0) is 31.6 Å². The summed E-state index contributed by atoms with van der Waals surface area (Å²) in [6.07, 6.45) is 2.51. The molecule has 2 atom stereocenters. The van der Waals surface area contributed by atoms with Gasteiger partial charge in [0.15, 0.2) is 0 Å². The molecule has 1 fully saturated rings. The summed E-state index contributed by atoms with van der Waals surface area (Å²) in [6.45, 7) is 7.59. The van der Waals surface area contributed by atoms with Crippen LogP contribution in [0.5, 0.6) is 0 Å². The van der Waals surface area contributed by atoms with Crippen molar-refractivity contribution < 1.29 is 9.53 Å². The number of rotatable bonds is 7. The highest BCUT2D eigenvalue weighted by molar-refractivity contribution is 9.10. The number of amides is 1. The van der Waals surface area contributed by atoms with Crippen LogP contribution in [-0.4, -0.2) is 41.9 Å². The fraction of sp³-hybridized carbons (Fsp3) is 0.923. The van der Waals surface area contributed by atoms with Gasteiger partial charge in [0.1, 0.15) is 0 Å². The summed E-state index contributed by atoms with van der Waals surface area (Å²) in [6, 6.07) is 0.344. The fourth-order valence-corrected chi connectivity index (χ4v) is 2.24. The van der Waals surface area contributed by atoms with Gasteiger partial charge in [-0.1, -0.05) is 29.8 Å². The van der Waals surface area contributed by atoms with Crippen molar-refractivity contribution in [2.45, 2.75) is 44.5 Å². The summed E-state index contributed by atoms with van der Waals surface area (Å²) in [7, 11) is 1.68. The molecule has 0 aliphatic heterocycles. The Morgan fingerprint density at radius 1 is 1.41 bits per heavy atom. The van der Waals surface area contributed by atoms with Crippen LogP contribution in [0.4, 0.5) is 0 Å². The van der Waals surface area contributed by atoms with Gasteiger partial charge in [0.2, 0.25) is 5.91 Å². The van der Waals surface area contributed by atoms with Crippen LogP contribution in [0.2, 0.25) is 0 Å². The van der Waals surface area contributed by atoms with Gasteiger partial charge in [-0.2, -0.15) is 0 Å². The van der Waals surface area contributed by atoms with E-state index in [0.717, 1.165) is 0 Å². The maximum Gasteiger partial charge on any atom is 0.236 e. The van der Waals surface area contributed by atoms with Crippen molar-refractivity contribution in [2.24, 2.45) is 11.8 Å². The van der Waals surface area contributed by atoms with Crippen molar-refractivity contribution in [3.8, 4) is 0 Å². The van der Waals surface area contributed by atoms with Gasteiger partial charge >= 0.3 is 0 Å². The molecule has 4 heteroatoms. The van der Waals surface area contributed by atoms with Gasteiger partial charge in [0, 0.05) is 19.7 Å². The zero-order chi connectivity index (χ0) is 13.0. The molecule has 0 heterocycles. The van der Waals surface area contributed by atoms with E-state index in [-0.39, 0.29) is 10.7 Å². The molecule has 0 aromatic carbocycles. The summed E-state index contributed by atoms with van der Waals surface area (Å²) in [4.78, 5) is 14.3. The number of hydrogen-bond acceptors (Lipinski definition) is 2. The Morgan fingerprint density at radius 3 is 2.41 bits per heavy atom. The van der Waals surface area contributed by atoms with Gasteiger partial charge in [0.25, 0.3) is 0 Å². The first-order valence-corrected chi connectivity index (χ1v) is 7.34. The summed E-state index contributed by atoms with van der Waals surface area (Å²) in [5.41, 5.74) is 0. The van der Waals surface area contributed by atoms with E-state index in [9.17, 15) is 4.79 Å². The molecule has 1 rings (SSSR count). The molecule has 17 heavy (non-hydrogen) atoms. The van der Waals surface area contributed by atoms with Crippen LogP contribution >= 0.6 is 15.9 Å². The first-order valence-electron chi connectivity index (χ1n) is 6.42. The fourth-order valence-electron chi connectivity index (χ4n) is 1.98. The maximum atomic E-state index is 12.4. The molecule has 0 radical (unpaired) electrons. The van der Waals surface area contributed by atoms with E-state index in [1.165, 1.54) is 12.8 Å². The SMILES string of the molecule is COCCN(C(=O)C(Br)C(C)C)C(C)C1CC1. The van der Waals surface area contributed by atoms with Crippen molar-refractivity contribution in [1.29, 1.82) is 0 Å². The van der Waals surface area contributed by atoms with Crippen molar-refractivity contribution >= 4 is 21.8 Å². The molecule has 2 unspecified atom stereocenters. The third kappa shape index (κ3) is 4.25. The lowest BCUT2D eigenvalue weighted by atomic mass is 10.1. The highest BCUT2D eigenvalue weighted by Gasteiger charge is 2.36. The van der Waals surface area contributed by atoms with Crippen LogP contribution < -0.4 is 0 Å². The van der Waals surface area contributed by atoms with Crippen molar-refractivity contribution in [1.82, 2.24) is 4.90 Å². The topological polar surface area (TPSA) is 29.5 Å². The lowest BCUT2D eigenvalue weighted by Gasteiger charge is -2.32. The summed E-state index contributed by atoms with van der Waals surface area (Å²) in [5, 5.41) is 0. The molecular formula is C13H24BrNO2. The Bertz CT molecular complexity index is 254. The Hall–Kier alpha value is -0.0900. The zero-order valence-corrected chi connectivity index (χ0v) is 12.9. The Morgan fingerprint density at radius 2 is 2.00 bits per heavy atom. The van der Waals surface area contributed by atoms with Crippen LogP contribution in [0.15, 0.2) is 0 Å². The summed E-state index contributed by atoms with van der Waals surface area (Å²) < 4.78 is 5.10. The number of nitrogens with zero attached hydrogens (tertiary/aromatic N) is 1. The molecule has 0 spiro atoms. The Balaban J connectivity index is 2.63. The van der Waals surface area contributed by atoms with Gasteiger partial charge in [-0.15, -0.1) is 0 Å². The van der Waals surface area contributed by atoms with E-state index in [2.05, 4.69) is 36.7 Å². The number of ether oxygens (including phenoxy) is 1. The minimum atomic E-state index is -0.0828. The van der Waals surface area contributed by atoms with Gasteiger partial charge in [-0.25, -0.2) is 0 Å². The largest absolute Gasteiger partial charge is 0.383 e. The van der Waals surface area contributed by atoms with Crippen LogP contribution in [-0.2, 0) is 9.53 Å². The lowest BCUT2D eigenvalue weighted by molar-refractivity contribution is -0.134. The second-order valence-corrected chi connectivity index (χ2v) is 6.23. The van der Waals surface area contributed by atoms with Crippen LogP contribution in [0.1, 0.15) is 33.6 Å². The molecule has 1 amide bonds. The van der Waals surface area contributed by atoms with Crippen molar-refractivity contribution in [3.05, 3.63) is 0 Å². The average molecular weight is 306 g/mol. The highest BCUT2D eigenvalue weighted by atomic mass is 79.9. The predicted octanol–water partition coefficient (Wildman–Crippen LogP) is 2.68. The summed E-state index contributed by atoms with van der Waals surface area (Å²) in [5.74, 6) is 1.22. The molecule has 100 valence electrons. The van der Waals surface area contributed by atoms with E-state index >= 15 is 0 Å². The van der Waals surface area contributed by atoms with Crippen molar-refractivity contribution in [2.75, 3.05) is 20.3 Å². The molecule has 0 aromatic heterocycles. The lowest BCUT2D eigenvalue weighted by Crippen LogP contribution is -2.46. The van der Waals surface area contributed by atoms with Gasteiger partial charge in [0.05, 0.1) is 11.4 Å². The van der Waals surface area contributed by atoms with Gasteiger partial charge in [-0.3, -0.25) is 4.79 Å². The van der Waals surface area contributed by atoms with E-state index < -0.39 is 0 Å². The minimum absolute atomic E-state index is 0.0828. The summed E-state index contributed by atoms with van der Waals surface area (Å²) >= 11 is 3.51. The third-order valence-corrected chi connectivity index (χ3v) is 4.89. The highest BCUT2D eigenvalue weighted by Crippen LogP contribution is 2.35. The van der Waals surface area contributed by atoms with Crippen molar-refractivity contribution in [3.63, 3.8) is 0 Å². The number of hydrogen-bond donors (Lipinski definition) is 0. The quantitative estimate of drug-likeness (QED) is 0.677. The molecule has 0 saturated heterocycles. The second-order valence-electron chi connectivity index (χ2n) is 5.25. The smallest absolute Gasteiger partial charge is 0.236 e. The molecule has 0 N–H and O–H groups in total. The van der Waals surface area contributed by atoms with Gasteiger partial charge < -0.3 is 9.64 Å². The number of halogens is 1. The first-order chi connectivity index (χ1) is 7.99. The molecule has 0 bridgehead atoms. The molecule has 1 aliphatic carbocycles. The van der Waals surface area contributed by atoms with E-state index in [1.54, 1.807) is 7.11 Å². The number of carbonyl (C=O) groups excluding carboxylic acids is 1. The van der Waals surface area contributed by atoms with E-state index in [4.69, 9.17) is 4.74 Å². The monoisotopic (exact) mass is 305 g/mol. The average Bonchev–Trinajstić information content (AvgIpc) is 3.11. The van der Waals surface area contributed by atoms with E-state index in [1.807, 2.05) is 4.90 Å². The number of methoxy groups -OCH3 is 1. The predicted molar refractivity (Wildman–Crippen MR) is 73.3 cm³/mol. The second kappa shape index (κ2) is 6.74. The number of alkyl halides is 1. The van der Waals surface area contributed by atoms with Crippen LogP contribution in [0.3, 0.4) is 0 Å². The van der Waals surface area contributed by atoms with Crippen LogP contribution in [0, 0.1) is 11.8 Å². The molecule has 1 aliphatic rings. The zero-order valence-electron chi connectivity index (χ0n) is 11.3. The molecule has 0 aromatic rings. The van der Waals surface area contributed by atoms with Crippen LogP contribution in [0.25, 0.3) is 0 Å². The molecule has 3 nitrogen and oxygen atoms in total. The molecular weight excluding hydrogens is 282 g/mol. The first kappa shape index (κ1) is 15.0. The minimum Gasteiger partial charge on any atom is -0.383 e. The Labute approximate surface area is 113 Å². The molecule has 1 saturated carbocycles.